The van der Waals surface area contributed by atoms with E-state index in [4.69, 9.17) is 9.47 Å². The van der Waals surface area contributed by atoms with Gasteiger partial charge in [-0.1, -0.05) is 36.4 Å². The van der Waals surface area contributed by atoms with E-state index in [1.54, 1.807) is 60.7 Å². The Bertz CT molecular complexity index is 1840. The quantitative estimate of drug-likeness (QED) is 0.0873. The van der Waals surface area contributed by atoms with Gasteiger partial charge in [0.2, 0.25) is 11.8 Å². The molecule has 6 aromatic carbocycles. The van der Waals surface area contributed by atoms with Crippen molar-refractivity contribution in [3.63, 3.8) is 0 Å². The summed E-state index contributed by atoms with van der Waals surface area (Å²) in [5, 5.41) is 0. The molecule has 2 unspecified atom stereocenters. The summed E-state index contributed by atoms with van der Waals surface area (Å²) in [6.45, 7) is 1.72. The van der Waals surface area contributed by atoms with Gasteiger partial charge in [0.1, 0.15) is 0 Å². The van der Waals surface area contributed by atoms with Gasteiger partial charge in [0.15, 0.2) is 0 Å². The molecule has 0 radical (unpaired) electrons. The fourth-order valence-corrected chi connectivity index (χ4v) is 5.97. The van der Waals surface area contributed by atoms with Gasteiger partial charge in [-0.15, -0.1) is 36.4 Å². The number of halogens is 4. The summed E-state index contributed by atoms with van der Waals surface area (Å²) in [4.78, 5) is 28.1. The molecule has 2 saturated heterocycles. The van der Waals surface area contributed by atoms with Crippen LogP contribution in [0.15, 0.2) is 146 Å². The van der Waals surface area contributed by atoms with E-state index < -0.39 is 23.3 Å². The second kappa shape index (κ2) is 23.8. The third kappa shape index (κ3) is 14.1. The molecule has 11 heteroatoms. The fraction of sp³-hybridized carbons (Fsp3) is 0.217. The zero-order chi connectivity index (χ0) is 39.5. The van der Waals surface area contributed by atoms with E-state index in [1.807, 2.05) is 72.8 Å². The third-order valence-corrected chi connectivity index (χ3v) is 8.73. The fourth-order valence-electron chi connectivity index (χ4n) is 5.97. The van der Waals surface area contributed by atoms with Crippen LogP contribution in [-0.4, -0.2) is 50.3 Å². The molecule has 0 spiro atoms. The van der Waals surface area contributed by atoms with Crippen LogP contribution in [0.3, 0.4) is 0 Å². The van der Waals surface area contributed by atoms with Crippen LogP contribution in [0.25, 0.3) is 0 Å². The minimum atomic E-state index is -0.882. The van der Waals surface area contributed by atoms with Gasteiger partial charge < -0.3 is 19.3 Å². The average Bonchev–Trinajstić information content (AvgIpc) is 4.08. The molecule has 6 aromatic rings. The summed E-state index contributed by atoms with van der Waals surface area (Å²) in [7, 11) is 0. The zero-order valence-electron chi connectivity index (χ0n) is 31.2. The first-order chi connectivity index (χ1) is 27.3. The van der Waals surface area contributed by atoms with E-state index in [1.165, 1.54) is 21.9 Å². The number of carbonyl (C=O) groups is 2. The summed E-state index contributed by atoms with van der Waals surface area (Å²) in [6.07, 6.45) is 3.15. The van der Waals surface area contributed by atoms with Crippen molar-refractivity contribution in [2.45, 2.75) is 37.9 Å². The molecule has 2 fully saturated rings. The Kier molecular flexibility index (Phi) is 18.6. The number of nitrogens with zero attached hydrogens (tertiary/aromatic N) is 2. The summed E-state index contributed by atoms with van der Waals surface area (Å²) in [5.74, 6) is -4.05. The Morgan fingerprint density at radius 1 is 0.561 bits per heavy atom. The molecule has 0 bridgehead atoms. The molecule has 0 N–H and O–H groups in total. The van der Waals surface area contributed by atoms with Crippen molar-refractivity contribution in [2.75, 3.05) is 36.1 Å². The van der Waals surface area contributed by atoms with Crippen molar-refractivity contribution in [2.24, 2.45) is 0 Å². The molecular weight excluding hydrogens is 768 g/mol. The number of hydrogen-bond donors (Lipinski definition) is 0. The largest absolute Gasteiger partial charge is 4.00 e. The molecule has 57 heavy (non-hydrogen) atoms. The summed E-state index contributed by atoms with van der Waals surface area (Å²) >= 11 is 0. The first kappa shape index (κ1) is 44.6. The van der Waals surface area contributed by atoms with Crippen molar-refractivity contribution in [1.82, 2.24) is 0 Å². The number of rotatable bonds is 8. The molecule has 2 amide bonds. The van der Waals surface area contributed by atoms with Crippen molar-refractivity contribution in [1.29, 1.82) is 0 Å². The van der Waals surface area contributed by atoms with Crippen LogP contribution < -0.4 is 9.80 Å². The van der Waals surface area contributed by atoms with E-state index >= 15 is 0 Å². The summed E-state index contributed by atoms with van der Waals surface area (Å²) in [6, 6.07) is 45.9. The molecule has 6 nitrogen and oxygen atoms in total. The Morgan fingerprint density at radius 2 is 0.930 bits per heavy atom. The van der Waals surface area contributed by atoms with Crippen LogP contribution >= 0.6 is 0 Å². The second-order valence-electron chi connectivity index (χ2n) is 12.8. The minimum absolute atomic E-state index is 0. The van der Waals surface area contributed by atoms with Gasteiger partial charge in [0, 0.05) is 60.7 Å². The number of anilines is 2. The maximum atomic E-state index is 14.1. The van der Waals surface area contributed by atoms with Gasteiger partial charge in [-0.25, -0.2) is 41.8 Å². The molecule has 2 atom stereocenters. The van der Waals surface area contributed by atoms with E-state index in [9.17, 15) is 27.2 Å². The summed E-state index contributed by atoms with van der Waals surface area (Å²) in [5.41, 5.74) is 0.898. The number of ether oxygens (including phenoxy) is 2. The van der Waals surface area contributed by atoms with Crippen molar-refractivity contribution in [3.8, 4) is 0 Å². The molecule has 2 aliphatic heterocycles. The van der Waals surface area contributed by atoms with E-state index in [2.05, 4.69) is 0 Å². The zero-order valence-corrected chi connectivity index (χ0v) is 32.8. The number of benzene rings is 4. The number of amides is 2. The van der Waals surface area contributed by atoms with Gasteiger partial charge in [-0.3, -0.25) is 9.59 Å². The Balaban J connectivity index is 0.000000200. The predicted octanol–water partition coefficient (Wildman–Crippen LogP) is 9.99. The number of carbonyl (C=O) groups excluding carboxylic acids is 2. The topological polar surface area (TPSA) is 59.1 Å². The van der Waals surface area contributed by atoms with Gasteiger partial charge in [-0.05, 0) is 61.3 Å². The maximum Gasteiger partial charge on any atom is 4.00 e. The second-order valence-corrected chi connectivity index (χ2v) is 12.8. The molecule has 8 rings (SSSR count). The van der Waals surface area contributed by atoms with Crippen molar-refractivity contribution in [3.05, 3.63) is 192 Å². The minimum Gasteiger partial charge on any atom is -0.376 e. The number of hydrogen-bond acceptors (Lipinski definition) is 4. The SMILES string of the molecule is O=C(c1ccccc1)N(CC1CCCO1)c1ccc(F)[c-]c1F.O=C(c1ccccc1)N(CC1CCCO1)c1ccc(F)[c-]c1F.[Ti+4].c1cc[cH-]c1.c1cc[cH-]c1. The smallest absolute Gasteiger partial charge is 0.376 e. The third-order valence-electron chi connectivity index (χ3n) is 8.73. The van der Waals surface area contributed by atoms with Gasteiger partial charge in [0.25, 0.3) is 0 Å². The molecular formula is C46H42F4N2O4Ti. The van der Waals surface area contributed by atoms with Crippen molar-refractivity contribution < 1.29 is 58.3 Å². The predicted molar refractivity (Wildman–Crippen MR) is 209 cm³/mol. The van der Waals surface area contributed by atoms with Gasteiger partial charge >= 0.3 is 21.7 Å². The van der Waals surface area contributed by atoms with Crippen LogP contribution in [-0.2, 0) is 31.2 Å². The average molecular weight is 811 g/mol. The van der Waals surface area contributed by atoms with Gasteiger partial charge in [-0.2, -0.15) is 36.4 Å². The first-order valence-corrected chi connectivity index (χ1v) is 18.3. The molecule has 0 aliphatic carbocycles. The Hall–Kier alpha value is -5.13. The first-order valence-electron chi connectivity index (χ1n) is 18.3. The normalized spacial score (nSPS) is 15.3. The Morgan fingerprint density at radius 3 is 1.21 bits per heavy atom. The molecule has 2 aliphatic rings. The van der Waals surface area contributed by atoms with Crippen LogP contribution in [0, 0.1) is 35.4 Å². The molecule has 292 valence electrons. The van der Waals surface area contributed by atoms with E-state index in [0.29, 0.717) is 24.3 Å². The molecule has 2 heterocycles. The molecule has 0 aromatic heterocycles. The van der Waals surface area contributed by atoms with Crippen LogP contribution in [0.4, 0.5) is 28.9 Å². The van der Waals surface area contributed by atoms with Crippen LogP contribution in [0.1, 0.15) is 46.4 Å². The van der Waals surface area contributed by atoms with Gasteiger partial charge in [0.05, 0.1) is 12.2 Å². The monoisotopic (exact) mass is 810 g/mol. The van der Waals surface area contributed by atoms with Crippen molar-refractivity contribution >= 4 is 23.2 Å². The van der Waals surface area contributed by atoms with E-state index in [-0.39, 0.29) is 70.2 Å². The summed E-state index contributed by atoms with van der Waals surface area (Å²) < 4.78 is 65.6. The van der Waals surface area contributed by atoms with Crippen LogP contribution in [0.2, 0.25) is 0 Å². The molecule has 0 saturated carbocycles. The maximum absolute atomic E-state index is 14.1. The standard InChI is InChI=1S/2C18H16F2NO2.2C5H5.Ti/c2*19-14-8-9-17(16(20)11-14)21(12-15-7-4-10-23-15)18(22)13-5-2-1-3-6-13;2*1-2-4-5-3-1;/h2*1-3,5-6,8-9,15H,4,7,10,12H2;2*1-5H;/q4*-1;+4. The van der Waals surface area contributed by atoms with E-state index in [0.717, 1.165) is 37.8 Å². The van der Waals surface area contributed by atoms with Crippen LogP contribution in [0.5, 0.6) is 0 Å². The Labute approximate surface area is 346 Å².